The maximum Gasteiger partial charge on any atom is 0.119 e. The zero-order valence-electron chi connectivity index (χ0n) is 14.0. The molecule has 23 heavy (non-hydrogen) atoms. The Morgan fingerprint density at radius 1 is 1.26 bits per heavy atom. The Labute approximate surface area is 143 Å². The molecule has 1 N–H and O–H groups in total. The maximum atomic E-state index is 5.97. The highest BCUT2D eigenvalue weighted by Crippen LogP contribution is 2.33. The summed E-state index contributed by atoms with van der Waals surface area (Å²) in [7, 11) is 0. The second kappa shape index (κ2) is 7.95. The number of hydrogen-bond donors (Lipinski definition) is 1. The third-order valence-corrected chi connectivity index (χ3v) is 5.50. The molecule has 3 nitrogen and oxygen atoms in total. The van der Waals surface area contributed by atoms with Crippen molar-refractivity contribution in [1.29, 1.82) is 0 Å². The van der Waals surface area contributed by atoms with Gasteiger partial charge in [-0.2, -0.15) is 0 Å². The maximum absolute atomic E-state index is 5.97. The van der Waals surface area contributed by atoms with Gasteiger partial charge >= 0.3 is 0 Å². The average molecular weight is 330 g/mol. The van der Waals surface area contributed by atoms with Gasteiger partial charge in [0, 0.05) is 18.0 Å². The first-order chi connectivity index (χ1) is 11.3. The fourth-order valence-corrected chi connectivity index (χ4v) is 3.99. The molecular formula is C19H26N2OS. The number of thiophene rings is 1. The SMILES string of the molecule is CCN(CC)CCOc1ccc2c(c1)CCNC2c1cccs1. The van der Waals surface area contributed by atoms with Crippen molar-refractivity contribution in [2.45, 2.75) is 26.3 Å². The third-order valence-electron chi connectivity index (χ3n) is 4.57. The molecule has 124 valence electrons. The van der Waals surface area contributed by atoms with Crippen LogP contribution in [0.5, 0.6) is 5.75 Å². The molecule has 2 aromatic rings. The monoisotopic (exact) mass is 330 g/mol. The lowest BCUT2D eigenvalue weighted by Crippen LogP contribution is -2.30. The number of rotatable bonds is 7. The van der Waals surface area contributed by atoms with Crippen molar-refractivity contribution < 1.29 is 4.74 Å². The highest BCUT2D eigenvalue weighted by Gasteiger charge is 2.22. The molecule has 0 fully saturated rings. The molecule has 0 aliphatic carbocycles. The van der Waals surface area contributed by atoms with Crippen LogP contribution in [0.3, 0.4) is 0 Å². The van der Waals surface area contributed by atoms with Gasteiger partial charge in [-0.05, 0) is 54.2 Å². The Bertz CT molecular complexity index is 608. The molecule has 1 atom stereocenters. The average Bonchev–Trinajstić information content (AvgIpc) is 3.12. The molecule has 1 aromatic heterocycles. The van der Waals surface area contributed by atoms with E-state index in [0.717, 1.165) is 45.0 Å². The van der Waals surface area contributed by atoms with E-state index in [-0.39, 0.29) is 0 Å². The van der Waals surface area contributed by atoms with E-state index in [1.807, 2.05) is 11.3 Å². The van der Waals surface area contributed by atoms with E-state index in [9.17, 15) is 0 Å². The van der Waals surface area contributed by atoms with Crippen LogP contribution in [-0.4, -0.2) is 37.7 Å². The number of ether oxygens (including phenoxy) is 1. The highest BCUT2D eigenvalue weighted by molar-refractivity contribution is 7.10. The Kier molecular flexibility index (Phi) is 5.70. The second-order valence-corrected chi connectivity index (χ2v) is 6.87. The van der Waals surface area contributed by atoms with E-state index >= 15 is 0 Å². The van der Waals surface area contributed by atoms with Gasteiger partial charge in [0.15, 0.2) is 0 Å². The van der Waals surface area contributed by atoms with Gasteiger partial charge in [-0.1, -0.05) is 26.0 Å². The van der Waals surface area contributed by atoms with Gasteiger partial charge in [-0.3, -0.25) is 0 Å². The second-order valence-electron chi connectivity index (χ2n) is 5.89. The van der Waals surface area contributed by atoms with E-state index < -0.39 is 0 Å². The minimum absolute atomic E-state index is 0.337. The third kappa shape index (κ3) is 3.94. The Morgan fingerprint density at radius 3 is 2.87 bits per heavy atom. The Balaban J connectivity index is 1.67. The van der Waals surface area contributed by atoms with Crippen LogP contribution in [0.25, 0.3) is 0 Å². The zero-order chi connectivity index (χ0) is 16.1. The largest absolute Gasteiger partial charge is 0.492 e. The molecule has 1 aliphatic rings. The summed E-state index contributed by atoms with van der Waals surface area (Å²) in [6.45, 7) is 9.33. The van der Waals surface area contributed by atoms with Crippen LogP contribution >= 0.6 is 11.3 Å². The van der Waals surface area contributed by atoms with Crippen LogP contribution in [-0.2, 0) is 6.42 Å². The van der Waals surface area contributed by atoms with E-state index in [4.69, 9.17) is 4.74 Å². The molecule has 3 rings (SSSR count). The van der Waals surface area contributed by atoms with E-state index in [0.29, 0.717) is 6.04 Å². The van der Waals surface area contributed by atoms with Crippen LogP contribution in [0.1, 0.15) is 35.9 Å². The van der Waals surface area contributed by atoms with Crippen molar-refractivity contribution in [3.63, 3.8) is 0 Å². The fraction of sp³-hybridized carbons (Fsp3) is 0.474. The van der Waals surface area contributed by atoms with E-state index in [1.165, 1.54) is 16.0 Å². The number of benzene rings is 1. The predicted molar refractivity (Wildman–Crippen MR) is 97.6 cm³/mol. The molecular weight excluding hydrogens is 304 g/mol. The minimum atomic E-state index is 0.337. The lowest BCUT2D eigenvalue weighted by Gasteiger charge is -2.27. The lowest BCUT2D eigenvalue weighted by molar-refractivity contribution is 0.222. The number of hydrogen-bond acceptors (Lipinski definition) is 4. The van der Waals surface area contributed by atoms with Crippen LogP contribution in [0.15, 0.2) is 35.7 Å². The first kappa shape index (κ1) is 16.5. The van der Waals surface area contributed by atoms with Crippen molar-refractivity contribution in [2.24, 2.45) is 0 Å². The van der Waals surface area contributed by atoms with Crippen molar-refractivity contribution >= 4 is 11.3 Å². The first-order valence-electron chi connectivity index (χ1n) is 8.56. The van der Waals surface area contributed by atoms with Gasteiger partial charge in [-0.25, -0.2) is 0 Å². The summed E-state index contributed by atoms with van der Waals surface area (Å²) in [5.74, 6) is 1.00. The van der Waals surface area contributed by atoms with Crippen molar-refractivity contribution in [3.8, 4) is 5.75 Å². The number of nitrogens with zero attached hydrogens (tertiary/aromatic N) is 1. The van der Waals surface area contributed by atoms with Crippen LogP contribution in [0.4, 0.5) is 0 Å². The van der Waals surface area contributed by atoms with Gasteiger partial charge < -0.3 is 15.0 Å². The smallest absolute Gasteiger partial charge is 0.119 e. The molecule has 0 saturated heterocycles. The van der Waals surface area contributed by atoms with Gasteiger partial charge in [0.25, 0.3) is 0 Å². The van der Waals surface area contributed by atoms with Crippen molar-refractivity contribution in [2.75, 3.05) is 32.8 Å². The molecule has 4 heteroatoms. The lowest BCUT2D eigenvalue weighted by atomic mass is 9.93. The number of fused-ring (bicyclic) bond motifs is 1. The molecule has 2 heterocycles. The van der Waals surface area contributed by atoms with Crippen LogP contribution in [0.2, 0.25) is 0 Å². The molecule has 0 radical (unpaired) electrons. The van der Waals surface area contributed by atoms with E-state index in [2.05, 4.69) is 59.8 Å². The van der Waals surface area contributed by atoms with E-state index in [1.54, 1.807) is 0 Å². The predicted octanol–water partition coefficient (Wildman–Crippen LogP) is 3.70. The van der Waals surface area contributed by atoms with Crippen molar-refractivity contribution in [1.82, 2.24) is 10.2 Å². The standard InChI is InChI=1S/C19H26N2OS/c1-3-21(4-2)11-12-22-16-7-8-17-15(14-16)9-10-20-19(17)18-6-5-13-23-18/h5-8,13-14,19-20H,3-4,9-12H2,1-2H3. The van der Waals surface area contributed by atoms with Crippen LogP contribution in [0, 0.1) is 0 Å². The molecule has 1 unspecified atom stereocenters. The Hall–Kier alpha value is -1.36. The summed E-state index contributed by atoms with van der Waals surface area (Å²) in [4.78, 5) is 3.77. The molecule has 0 bridgehead atoms. The number of nitrogens with one attached hydrogen (secondary N) is 1. The molecule has 0 saturated carbocycles. The molecule has 1 aliphatic heterocycles. The normalized spacial score (nSPS) is 17.3. The summed E-state index contributed by atoms with van der Waals surface area (Å²) in [5, 5.41) is 5.78. The van der Waals surface area contributed by atoms with Crippen LogP contribution < -0.4 is 10.1 Å². The Morgan fingerprint density at radius 2 is 2.13 bits per heavy atom. The molecule has 0 spiro atoms. The highest BCUT2D eigenvalue weighted by atomic mass is 32.1. The quantitative estimate of drug-likeness (QED) is 0.838. The summed E-state index contributed by atoms with van der Waals surface area (Å²) in [5.41, 5.74) is 2.82. The summed E-state index contributed by atoms with van der Waals surface area (Å²) in [6.07, 6.45) is 1.07. The molecule has 0 amide bonds. The van der Waals surface area contributed by atoms with Gasteiger partial charge in [0.1, 0.15) is 12.4 Å². The van der Waals surface area contributed by atoms with Crippen molar-refractivity contribution in [3.05, 3.63) is 51.7 Å². The number of likely N-dealkylation sites (N-methyl/N-ethyl adjacent to an activating group) is 1. The summed E-state index contributed by atoms with van der Waals surface area (Å²) >= 11 is 1.82. The zero-order valence-corrected chi connectivity index (χ0v) is 14.9. The summed E-state index contributed by atoms with van der Waals surface area (Å²) < 4.78 is 5.97. The summed E-state index contributed by atoms with van der Waals surface area (Å²) in [6, 6.07) is 11.3. The van der Waals surface area contributed by atoms with Gasteiger partial charge in [0.05, 0.1) is 6.04 Å². The van der Waals surface area contributed by atoms with Gasteiger partial charge in [-0.15, -0.1) is 11.3 Å². The molecule has 1 aromatic carbocycles. The minimum Gasteiger partial charge on any atom is -0.492 e. The van der Waals surface area contributed by atoms with Gasteiger partial charge in [0.2, 0.25) is 0 Å². The first-order valence-corrected chi connectivity index (χ1v) is 9.44. The fourth-order valence-electron chi connectivity index (χ4n) is 3.17. The topological polar surface area (TPSA) is 24.5 Å².